The van der Waals surface area contributed by atoms with Crippen molar-refractivity contribution in [1.82, 2.24) is 15.4 Å². The predicted molar refractivity (Wildman–Crippen MR) is 111 cm³/mol. The highest BCUT2D eigenvalue weighted by Crippen LogP contribution is 2.27. The molecule has 1 aromatic carbocycles. The lowest BCUT2D eigenvalue weighted by atomic mass is 9.86. The molecule has 2 fully saturated rings. The fourth-order valence-electron chi connectivity index (χ4n) is 3.58. The molecule has 2 aliphatic rings. The molecule has 3 N–H and O–H groups in total. The maximum absolute atomic E-state index is 14.0. The van der Waals surface area contributed by atoms with E-state index >= 15 is 0 Å². The quantitative estimate of drug-likeness (QED) is 0.430. The Hall–Kier alpha value is -1.94. The molecule has 3 rings (SSSR count). The Morgan fingerprint density at radius 3 is 2.59 bits per heavy atom. The molecule has 0 aromatic heterocycles. The highest BCUT2D eigenvalue weighted by atomic mass is 32.2. The first kappa shape index (κ1) is 21.8. The second-order valence-corrected chi connectivity index (χ2v) is 9.54. The number of sulfonamides is 1. The lowest BCUT2D eigenvalue weighted by Crippen LogP contribution is -2.46. The summed E-state index contributed by atoms with van der Waals surface area (Å²) in [5.41, 5.74) is -0.0108. The zero-order valence-electron chi connectivity index (χ0n) is 16.6. The number of nitrogens with one attached hydrogen (secondary N) is 3. The zero-order valence-corrected chi connectivity index (χ0v) is 17.4. The van der Waals surface area contributed by atoms with Crippen molar-refractivity contribution in [2.45, 2.75) is 31.7 Å². The molecular weight excluding hydrogens is 400 g/mol. The van der Waals surface area contributed by atoms with E-state index in [1.165, 1.54) is 24.6 Å². The molecule has 1 heterocycles. The molecule has 0 bridgehead atoms. The molecular formula is C19H29F2N5O2S. The molecule has 29 heavy (non-hydrogen) atoms. The van der Waals surface area contributed by atoms with Gasteiger partial charge in [0.05, 0.1) is 5.75 Å². The highest BCUT2D eigenvalue weighted by molar-refractivity contribution is 7.89. The molecule has 10 heteroatoms. The Kier molecular flexibility index (Phi) is 7.28. The number of hydrogen-bond acceptors (Lipinski definition) is 4. The van der Waals surface area contributed by atoms with Crippen LogP contribution in [0.15, 0.2) is 23.2 Å². The van der Waals surface area contributed by atoms with Gasteiger partial charge in [-0.3, -0.25) is 4.99 Å². The standard InChI is InChI=1S/C19H29F2N5O2S/c1-22-19(23-9-11-29(27,28)24-12-14-4-2-5-14)25-15-8-10-26(13-15)18-16(20)6-3-7-17(18)21/h3,6-7,14-15,24H,2,4-5,8-13H2,1H3,(H2,22,23,25). The van der Waals surface area contributed by atoms with E-state index < -0.39 is 21.7 Å². The van der Waals surface area contributed by atoms with Gasteiger partial charge in [0.2, 0.25) is 10.0 Å². The van der Waals surface area contributed by atoms with Gasteiger partial charge in [-0.05, 0) is 37.3 Å². The zero-order chi connectivity index (χ0) is 20.9. The predicted octanol–water partition coefficient (Wildman–Crippen LogP) is 1.43. The van der Waals surface area contributed by atoms with Crippen molar-refractivity contribution in [1.29, 1.82) is 0 Å². The summed E-state index contributed by atoms with van der Waals surface area (Å²) in [6.45, 7) is 1.68. The summed E-state index contributed by atoms with van der Waals surface area (Å²) < 4.78 is 54.7. The summed E-state index contributed by atoms with van der Waals surface area (Å²) in [4.78, 5) is 5.78. The molecule has 1 aromatic rings. The second kappa shape index (κ2) is 9.71. The van der Waals surface area contributed by atoms with Crippen molar-refractivity contribution < 1.29 is 17.2 Å². The Balaban J connectivity index is 1.43. The molecule has 0 spiro atoms. The van der Waals surface area contributed by atoms with Crippen molar-refractivity contribution in [3.8, 4) is 0 Å². The SMILES string of the molecule is CN=C(NCCS(=O)(=O)NCC1CCC1)NC1CCN(c2c(F)cccc2F)C1. The minimum atomic E-state index is -3.33. The molecule has 162 valence electrons. The van der Waals surface area contributed by atoms with Gasteiger partial charge in [-0.2, -0.15) is 0 Å². The third-order valence-corrected chi connectivity index (χ3v) is 6.83. The molecule has 0 amide bonds. The summed E-state index contributed by atoms with van der Waals surface area (Å²) in [6.07, 6.45) is 4.05. The first-order valence-electron chi connectivity index (χ1n) is 10.0. The first-order valence-corrected chi connectivity index (χ1v) is 11.7. The molecule has 0 radical (unpaired) electrons. The summed E-state index contributed by atoms with van der Waals surface area (Å²) >= 11 is 0. The lowest BCUT2D eigenvalue weighted by Gasteiger charge is -2.25. The van der Waals surface area contributed by atoms with E-state index in [0.717, 1.165) is 12.8 Å². The Morgan fingerprint density at radius 2 is 1.97 bits per heavy atom. The van der Waals surface area contributed by atoms with Crippen LogP contribution in [0.2, 0.25) is 0 Å². The van der Waals surface area contributed by atoms with Crippen LogP contribution in [-0.2, 0) is 10.0 Å². The van der Waals surface area contributed by atoms with E-state index in [1.54, 1.807) is 11.9 Å². The highest BCUT2D eigenvalue weighted by Gasteiger charge is 2.27. The Labute approximate surface area is 171 Å². The second-order valence-electron chi connectivity index (χ2n) is 7.61. The smallest absolute Gasteiger partial charge is 0.213 e. The summed E-state index contributed by atoms with van der Waals surface area (Å²) in [5.74, 6) is -0.255. The van der Waals surface area contributed by atoms with Gasteiger partial charge in [-0.15, -0.1) is 0 Å². The monoisotopic (exact) mass is 429 g/mol. The fraction of sp³-hybridized carbons (Fsp3) is 0.632. The summed E-state index contributed by atoms with van der Waals surface area (Å²) in [7, 11) is -1.73. The lowest BCUT2D eigenvalue weighted by molar-refractivity contribution is 0.316. The number of hydrogen-bond donors (Lipinski definition) is 3. The van der Waals surface area contributed by atoms with Crippen LogP contribution in [-0.4, -0.2) is 59.4 Å². The largest absolute Gasteiger partial charge is 0.365 e. The minimum absolute atomic E-state index is 0.0108. The van der Waals surface area contributed by atoms with E-state index in [0.29, 0.717) is 37.9 Å². The van der Waals surface area contributed by atoms with Crippen LogP contribution in [0.5, 0.6) is 0 Å². The number of aliphatic imine (C=N–C) groups is 1. The van der Waals surface area contributed by atoms with Crippen molar-refractivity contribution in [2.24, 2.45) is 10.9 Å². The number of rotatable bonds is 8. The summed E-state index contributed by atoms with van der Waals surface area (Å²) in [5, 5.41) is 6.19. The first-order chi connectivity index (χ1) is 13.9. The molecule has 1 atom stereocenters. The summed E-state index contributed by atoms with van der Waals surface area (Å²) in [6, 6.07) is 3.80. The topological polar surface area (TPSA) is 85.8 Å². The van der Waals surface area contributed by atoms with Crippen LogP contribution in [0, 0.1) is 17.6 Å². The minimum Gasteiger partial charge on any atom is -0.365 e. The van der Waals surface area contributed by atoms with Gasteiger partial charge in [-0.25, -0.2) is 21.9 Å². The normalized spacial score (nSPS) is 20.6. The third-order valence-electron chi connectivity index (χ3n) is 5.49. The van der Waals surface area contributed by atoms with Gasteiger partial charge in [-0.1, -0.05) is 12.5 Å². The average Bonchev–Trinajstić information content (AvgIpc) is 3.07. The number of anilines is 1. The van der Waals surface area contributed by atoms with Crippen molar-refractivity contribution in [3.63, 3.8) is 0 Å². The van der Waals surface area contributed by atoms with Crippen LogP contribution in [0.3, 0.4) is 0 Å². The van der Waals surface area contributed by atoms with Crippen LogP contribution >= 0.6 is 0 Å². The number of nitrogens with zero attached hydrogens (tertiary/aromatic N) is 2. The molecule has 1 aliphatic heterocycles. The van der Waals surface area contributed by atoms with E-state index in [4.69, 9.17) is 0 Å². The van der Waals surface area contributed by atoms with Gasteiger partial charge < -0.3 is 15.5 Å². The Morgan fingerprint density at radius 1 is 1.24 bits per heavy atom. The number of halogens is 2. The van der Waals surface area contributed by atoms with Gasteiger partial charge in [0, 0.05) is 39.3 Å². The van der Waals surface area contributed by atoms with Crippen LogP contribution in [0.25, 0.3) is 0 Å². The van der Waals surface area contributed by atoms with Gasteiger partial charge in [0.25, 0.3) is 0 Å². The molecule has 1 unspecified atom stereocenters. The van der Waals surface area contributed by atoms with Gasteiger partial charge in [0.15, 0.2) is 5.96 Å². The van der Waals surface area contributed by atoms with Crippen molar-refractivity contribution in [2.75, 3.05) is 43.9 Å². The maximum atomic E-state index is 14.0. The third kappa shape index (κ3) is 6.02. The number of guanidine groups is 1. The molecule has 1 saturated carbocycles. The maximum Gasteiger partial charge on any atom is 0.213 e. The van der Waals surface area contributed by atoms with Crippen LogP contribution in [0.1, 0.15) is 25.7 Å². The molecule has 1 aliphatic carbocycles. The van der Waals surface area contributed by atoms with E-state index in [-0.39, 0.29) is 24.0 Å². The van der Waals surface area contributed by atoms with Gasteiger partial charge >= 0.3 is 0 Å². The fourth-order valence-corrected chi connectivity index (χ4v) is 4.58. The molecule has 1 saturated heterocycles. The average molecular weight is 430 g/mol. The van der Waals surface area contributed by atoms with Crippen molar-refractivity contribution in [3.05, 3.63) is 29.8 Å². The van der Waals surface area contributed by atoms with Gasteiger partial charge in [0.1, 0.15) is 17.3 Å². The van der Waals surface area contributed by atoms with Crippen LogP contribution in [0.4, 0.5) is 14.5 Å². The Bertz CT molecular complexity index is 810. The molecule has 7 nitrogen and oxygen atoms in total. The van der Waals surface area contributed by atoms with Crippen LogP contribution < -0.4 is 20.3 Å². The van der Waals surface area contributed by atoms with E-state index in [2.05, 4.69) is 20.3 Å². The van der Waals surface area contributed by atoms with Crippen molar-refractivity contribution >= 4 is 21.7 Å². The number of benzene rings is 1. The van der Waals surface area contributed by atoms with E-state index in [1.807, 2.05) is 0 Å². The van der Waals surface area contributed by atoms with E-state index in [9.17, 15) is 17.2 Å². The number of para-hydroxylation sites is 1.